The van der Waals surface area contributed by atoms with Crippen LogP contribution in [0.1, 0.15) is 19.4 Å². The van der Waals surface area contributed by atoms with Crippen LogP contribution in [0.3, 0.4) is 0 Å². The van der Waals surface area contributed by atoms with E-state index < -0.39 is 5.41 Å². The monoisotopic (exact) mass is 269 g/mol. The third kappa shape index (κ3) is 2.64. The number of likely N-dealkylation sites (N-methyl/N-ethyl adjacent to an activating group) is 1. The lowest BCUT2D eigenvalue weighted by Gasteiger charge is -2.29. The second kappa shape index (κ2) is 5.33. The molecule has 0 aliphatic rings. The summed E-state index contributed by atoms with van der Waals surface area (Å²) in [4.78, 5) is 18.4. The lowest BCUT2D eigenvalue weighted by atomic mass is 9.83. The number of nitrogens with two attached hydrogens (primary N) is 1. The number of nitrogen functional groups attached to an aromatic ring is 1. The van der Waals surface area contributed by atoms with Crippen molar-refractivity contribution < 1.29 is 4.79 Å². The van der Waals surface area contributed by atoms with Crippen molar-refractivity contribution in [3.05, 3.63) is 54.4 Å². The van der Waals surface area contributed by atoms with Crippen molar-refractivity contribution in [2.75, 3.05) is 17.7 Å². The van der Waals surface area contributed by atoms with Gasteiger partial charge in [-0.1, -0.05) is 12.1 Å². The van der Waals surface area contributed by atoms with Gasteiger partial charge in [-0.2, -0.15) is 0 Å². The molecule has 0 unspecified atom stereocenters. The van der Waals surface area contributed by atoms with Crippen LogP contribution in [0, 0.1) is 0 Å². The minimum Gasteiger partial charge on any atom is -0.399 e. The van der Waals surface area contributed by atoms with Crippen molar-refractivity contribution in [1.82, 2.24) is 4.98 Å². The van der Waals surface area contributed by atoms with Crippen LogP contribution in [0.4, 0.5) is 11.4 Å². The van der Waals surface area contributed by atoms with Crippen LogP contribution in [-0.2, 0) is 10.2 Å². The predicted octanol–water partition coefficient (Wildman–Crippen LogP) is 2.60. The molecule has 1 amide bonds. The molecule has 0 radical (unpaired) electrons. The molecule has 0 spiro atoms. The zero-order chi connectivity index (χ0) is 14.8. The van der Waals surface area contributed by atoms with Crippen LogP contribution in [-0.4, -0.2) is 17.9 Å². The smallest absolute Gasteiger partial charge is 0.236 e. The Morgan fingerprint density at radius 2 is 1.85 bits per heavy atom. The van der Waals surface area contributed by atoms with E-state index in [1.807, 2.05) is 50.2 Å². The third-order valence-electron chi connectivity index (χ3n) is 3.50. The fourth-order valence-electron chi connectivity index (χ4n) is 2.11. The fourth-order valence-corrected chi connectivity index (χ4v) is 2.11. The molecule has 0 saturated heterocycles. The lowest BCUT2D eigenvalue weighted by molar-refractivity contribution is -0.122. The van der Waals surface area contributed by atoms with Gasteiger partial charge < -0.3 is 10.6 Å². The molecule has 0 fully saturated rings. The zero-order valence-corrected chi connectivity index (χ0v) is 12.0. The number of amides is 1. The number of hydrogen-bond acceptors (Lipinski definition) is 3. The summed E-state index contributed by atoms with van der Waals surface area (Å²) >= 11 is 0. The summed E-state index contributed by atoms with van der Waals surface area (Å²) in [6.07, 6.45) is 3.36. The first-order valence-corrected chi connectivity index (χ1v) is 6.47. The molecule has 1 heterocycles. The average Bonchev–Trinajstić information content (AvgIpc) is 2.47. The van der Waals surface area contributed by atoms with E-state index in [9.17, 15) is 4.79 Å². The van der Waals surface area contributed by atoms with E-state index >= 15 is 0 Å². The highest BCUT2D eigenvalue weighted by Crippen LogP contribution is 2.28. The molecule has 20 heavy (non-hydrogen) atoms. The van der Waals surface area contributed by atoms with Crippen molar-refractivity contribution >= 4 is 17.3 Å². The normalized spacial score (nSPS) is 11.2. The predicted molar refractivity (Wildman–Crippen MR) is 81.5 cm³/mol. The Hall–Kier alpha value is -2.36. The maximum absolute atomic E-state index is 12.7. The van der Waals surface area contributed by atoms with Crippen molar-refractivity contribution in [3.63, 3.8) is 0 Å². The molecule has 1 aromatic carbocycles. The molecule has 4 nitrogen and oxygen atoms in total. The van der Waals surface area contributed by atoms with Gasteiger partial charge >= 0.3 is 0 Å². The van der Waals surface area contributed by atoms with E-state index in [2.05, 4.69) is 4.98 Å². The number of aromatic nitrogens is 1. The van der Waals surface area contributed by atoms with Gasteiger partial charge in [0.15, 0.2) is 0 Å². The van der Waals surface area contributed by atoms with Crippen molar-refractivity contribution in [3.8, 4) is 0 Å². The average molecular weight is 269 g/mol. The van der Waals surface area contributed by atoms with E-state index in [1.54, 1.807) is 24.3 Å². The molecule has 4 heteroatoms. The van der Waals surface area contributed by atoms with Gasteiger partial charge in [-0.3, -0.25) is 9.78 Å². The number of nitrogens with zero attached hydrogens (tertiary/aromatic N) is 2. The van der Waals surface area contributed by atoms with E-state index in [1.165, 1.54) is 0 Å². The summed E-state index contributed by atoms with van der Waals surface area (Å²) in [5.74, 6) is 0.00951. The summed E-state index contributed by atoms with van der Waals surface area (Å²) in [5, 5.41) is 0. The first-order valence-electron chi connectivity index (χ1n) is 6.47. The molecule has 0 bridgehead atoms. The quantitative estimate of drug-likeness (QED) is 0.871. The molecule has 0 aliphatic carbocycles. The van der Waals surface area contributed by atoms with Crippen molar-refractivity contribution in [2.24, 2.45) is 0 Å². The Kier molecular flexibility index (Phi) is 3.74. The van der Waals surface area contributed by atoms with Crippen LogP contribution in [0.2, 0.25) is 0 Å². The van der Waals surface area contributed by atoms with E-state index in [0.717, 1.165) is 11.3 Å². The highest BCUT2D eigenvalue weighted by atomic mass is 16.2. The molecular weight excluding hydrogens is 250 g/mol. The SMILES string of the molecule is CN(C(=O)C(C)(C)c1ccc(N)cc1)c1cccnc1. The van der Waals surface area contributed by atoms with Gasteiger partial charge in [0.2, 0.25) is 5.91 Å². The fraction of sp³-hybridized carbons (Fsp3) is 0.250. The highest BCUT2D eigenvalue weighted by molar-refractivity contribution is 6.00. The second-order valence-electron chi connectivity index (χ2n) is 5.32. The molecule has 1 aromatic heterocycles. The van der Waals surface area contributed by atoms with Crippen LogP contribution >= 0.6 is 0 Å². The Bertz CT molecular complexity index is 591. The number of pyridine rings is 1. The lowest BCUT2D eigenvalue weighted by Crippen LogP contribution is -2.41. The van der Waals surface area contributed by atoms with Gasteiger partial charge in [0.05, 0.1) is 17.3 Å². The topological polar surface area (TPSA) is 59.2 Å². The Labute approximate surface area is 119 Å². The first-order chi connectivity index (χ1) is 9.43. The van der Waals surface area contributed by atoms with E-state index in [-0.39, 0.29) is 5.91 Å². The number of benzene rings is 1. The molecule has 2 N–H and O–H groups in total. The van der Waals surface area contributed by atoms with E-state index in [4.69, 9.17) is 5.73 Å². The molecule has 2 aromatic rings. The van der Waals surface area contributed by atoms with E-state index in [0.29, 0.717) is 5.69 Å². The minimum atomic E-state index is -0.627. The Morgan fingerprint density at radius 3 is 2.40 bits per heavy atom. The molecule has 2 rings (SSSR count). The van der Waals surface area contributed by atoms with Gasteiger partial charge in [0, 0.05) is 18.9 Å². The molecule has 0 atom stereocenters. The maximum Gasteiger partial charge on any atom is 0.236 e. The minimum absolute atomic E-state index is 0.00951. The van der Waals surface area contributed by atoms with Gasteiger partial charge in [0.1, 0.15) is 0 Å². The van der Waals surface area contributed by atoms with Crippen LogP contribution in [0.5, 0.6) is 0 Å². The number of hydrogen-bond donors (Lipinski definition) is 1. The van der Waals surface area contributed by atoms with Gasteiger partial charge in [-0.25, -0.2) is 0 Å². The molecular formula is C16H19N3O. The summed E-state index contributed by atoms with van der Waals surface area (Å²) < 4.78 is 0. The standard InChI is InChI=1S/C16H19N3O/c1-16(2,12-6-8-13(17)9-7-12)15(20)19(3)14-5-4-10-18-11-14/h4-11H,17H2,1-3H3. The molecule has 0 saturated carbocycles. The van der Waals surface area contributed by atoms with Gasteiger partial charge in [-0.15, -0.1) is 0 Å². The summed E-state index contributed by atoms with van der Waals surface area (Å²) in [5.41, 5.74) is 7.48. The molecule has 104 valence electrons. The summed E-state index contributed by atoms with van der Waals surface area (Å²) in [6, 6.07) is 11.1. The van der Waals surface area contributed by atoms with Crippen LogP contribution < -0.4 is 10.6 Å². The van der Waals surface area contributed by atoms with Gasteiger partial charge in [0.25, 0.3) is 0 Å². The number of carbonyl (C=O) groups excluding carboxylic acids is 1. The highest BCUT2D eigenvalue weighted by Gasteiger charge is 2.32. The largest absolute Gasteiger partial charge is 0.399 e. The Balaban J connectivity index is 2.29. The third-order valence-corrected chi connectivity index (χ3v) is 3.50. The van der Waals surface area contributed by atoms with Crippen molar-refractivity contribution in [1.29, 1.82) is 0 Å². The first kappa shape index (κ1) is 14.1. The molecule has 0 aliphatic heterocycles. The summed E-state index contributed by atoms with van der Waals surface area (Å²) in [6.45, 7) is 3.82. The Morgan fingerprint density at radius 1 is 1.20 bits per heavy atom. The van der Waals surface area contributed by atoms with Crippen LogP contribution in [0.25, 0.3) is 0 Å². The second-order valence-corrected chi connectivity index (χ2v) is 5.32. The number of rotatable bonds is 3. The zero-order valence-electron chi connectivity index (χ0n) is 12.0. The van der Waals surface area contributed by atoms with Crippen molar-refractivity contribution in [2.45, 2.75) is 19.3 Å². The number of carbonyl (C=O) groups is 1. The summed E-state index contributed by atoms with van der Waals surface area (Å²) in [7, 11) is 1.76. The number of anilines is 2. The van der Waals surface area contributed by atoms with Crippen LogP contribution in [0.15, 0.2) is 48.8 Å². The maximum atomic E-state index is 12.7. The van der Waals surface area contributed by atoms with Gasteiger partial charge in [-0.05, 0) is 43.7 Å².